The van der Waals surface area contributed by atoms with Crippen molar-refractivity contribution in [1.82, 2.24) is 10.6 Å². The van der Waals surface area contributed by atoms with Crippen molar-refractivity contribution in [1.29, 1.82) is 0 Å². The van der Waals surface area contributed by atoms with Crippen LogP contribution in [0.15, 0.2) is 0 Å². The molecule has 0 spiro atoms. The molecule has 0 heterocycles. The van der Waals surface area contributed by atoms with Crippen LogP contribution in [-0.2, 0) is 0 Å². The van der Waals surface area contributed by atoms with E-state index in [0.29, 0.717) is 24.5 Å². The fourth-order valence-corrected chi connectivity index (χ4v) is 3.71. The van der Waals surface area contributed by atoms with Crippen LogP contribution in [0, 0.1) is 17.8 Å². The second-order valence-electron chi connectivity index (χ2n) is 6.89. The van der Waals surface area contributed by atoms with E-state index in [-0.39, 0.29) is 6.03 Å². The number of aliphatic hydroxyl groups is 1. The molecule has 0 radical (unpaired) electrons. The lowest BCUT2D eigenvalue weighted by Crippen LogP contribution is -2.45. The summed E-state index contributed by atoms with van der Waals surface area (Å²) in [5.41, 5.74) is 0. The fraction of sp³-hybridized carbons (Fsp3) is 0.938. The molecule has 2 amide bonds. The van der Waals surface area contributed by atoms with Crippen LogP contribution in [-0.4, -0.2) is 30.3 Å². The second-order valence-corrected chi connectivity index (χ2v) is 6.89. The number of carbonyl (C=O) groups excluding carboxylic acids is 1. The lowest BCUT2D eigenvalue weighted by molar-refractivity contribution is 0.174. The highest BCUT2D eigenvalue weighted by Crippen LogP contribution is 2.28. The Bertz CT molecular complexity index is 301. The van der Waals surface area contributed by atoms with Gasteiger partial charge in [-0.15, -0.1) is 0 Å². The van der Waals surface area contributed by atoms with Crippen molar-refractivity contribution in [3.8, 4) is 0 Å². The Balaban J connectivity index is 1.60. The Morgan fingerprint density at radius 1 is 1.10 bits per heavy atom. The molecule has 2 atom stereocenters. The van der Waals surface area contributed by atoms with Gasteiger partial charge in [0.05, 0.1) is 0 Å². The molecule has 0 aliphatic heterocycles. The van der Waals surface area contributed by atoms with Crippen LogP contribution in [0.4, 0.5) is 4.79 Å². The summed E-state index contributed by atoms with van der Waals surface area (Å²) < 4.78 is 0. The summed E-state index contributed by atoms with van der Waals surface area (Å²) in [6.07, 6.45) is 9.21. The maximum absolute atomic E-state index is 11.9. The van der Waals surface area contributed by atoms with Gasteiger partial charge in [-0.25, -0.2) is 4.79 Å². The Hall–Kier alpha value is -0.770. The van der Waals surface area contributed by atoms with Crippen molar-refractivity contribution in [3.05, 3.63) is 0 Å². The minimum absolute atomic E-state index is 0.00400. The van der Waals surface area contributed by atoms with Crippen molar-refractivity contribution in [2.24, 2.45) is 17.8 Å². The van der Waals surface area contributed by atoms with Crippen LogP contribution in [0.5, 0.6) is 0 Å². The molecule has 2 aliphatic rings. The van der Waals surface area contributed by atoms with Gasteiger partial charge < -0.3 is 15.7 Å². The van der Waals surface area contributed by atoms with Gasteiger partial charge in [0.15, 0.2) is 0 Å². The predicted octanol–water partition coefficient (Wildman–Crippen LogP) is 2.66. The molecule has 20 heavy (non-hydrogen) atoms. The first-order valence-electron chi connectivity index (χ1n) is 8.32. The zero-order valence-corrected chi connectivity index (χ0v) is 12.7. The number of amides is 2. The quantitative estimate of drug-likeness (QED) is 0.742. The molecular formula is C16H30N2O2. The van der Waals surface area contributed by atoms with Crippen LogP contribution in [0.1, 0.15) is 58.3 Å². The molecule has 2 rings (SSSR count). The first-order valence-corrected chi connectivity index (χ1v) is 8.32. The number of rotatable bonds is 4. The number of urea groups is 1. The van der Waals surface area contributed by atoms with Gasteiger partial charge in [-0.2, -0.15) is 0 Å². The van der Waals surface area contributed by atoms with E-state index in [0.717, 1.165) is 38.1 Å². The van der Waals surface area contributed by atoms with E-state index in [1.807, 2.05) is 0 Å². The third kappa shape index (κ3) is 4.97. The largest absolute Gasteiger partial charge is 0.396 e. The first-order chi connectivity index (χ1) is 9.67. The number of hydrogen-bond donors (Lipinski definition) is 3. The van der Waals surface area contributed by atoms with E-state index in [1.54, 1.807) is 0 Å². The molecule has 2 unspecified atom stereocenters. The van der Waals surface area contributed by atoms with Gasteiger partial charge in [-0.05, 0) is 56.3 Å². The monoisotopic (exact) mass is 282 g/mol. The van der Waals surface area contributed by atoms with Crippen LogP contribution >= 0.6 is 0 Å². The maximum atomic E-state index is 11.9. The van der Waals surface area contributed by atoms with Crippen LogP contribution in [0.3, 0.4) is 0 Å². The Morgan fingerprint density at radius 3 is 2.50 bits per heavy atom. The number of carbonyl (C=O) groups is 1. The van der Waals surface area contributed by atoms with Crippen molar-refractivity contribution in [2.75, 3.05) is 13.2 Å². The van der Waals surface area contributed by atoms with E-state index in [9.17, 15) is 4.79 Å². The van der Waals surface area contributed by atoms with Gasteiger partial charge in [0.25, 0.3) is 0 Å². The summed E-state index contributed by atoms with van der Waals surface area (Å²) in [5.74, 6) is 1.92. The molecule has 2 fully saturated rings. The second kappa shape index (κ2) is 7.87. The number of hydrogen-bond acceptors (Lipinski definition) is 2. The zero-order chi connectivity index (χ0) is 14.4. The average Bonchev–Trinajstić information content (AvgIpc) is 2.46. The van der Waals surface area contributed by atoms with E-state index in [1.165, 1.54) is 25.7 Å². The highest BCUT2D eigenvalue weighted by molar-refractivity contribution is 5.74. The summed E-state index contributed by atoms with van der Waals surface area (Å²) in [5, 5.41) is 15.2. The average molecular weight is 282 g/mol. The van der Waals surface area contributed by atoms with Crippen molar-refractivity contribution in [2.45, 2.75) is 64.3 Å². The zero-order valence-electron chi connectivity index (χ0n) is 12.7. The molecule has 2 aliphatic carbocycles. The number of aliphatic hydroxyl groups excluding tert-OH is 1. The summed E-state index contributed by atoms with van der Waals surface area (Å²) in [6, 6.07) is 0.291. The van der Waals surface area contributed by atoms with Gasteiger partial charge in [0.1, 0.15) is 0 Å². The van der Waals surface area contributed by atoms with Crippen molar-refractivity contribution in [3.63, 3.8) is 0 Å². The molecule has 4 nitrogen and oxygen atoms in total. The maximum Gasteiger partial charge on any atom is 0.315 e. The molecular weight excluding hydrogens is 252 g/mol. The topological polar surface area (TPSA) is 61.4 Å². The van der Waals surface area contributed by atoms with Crippen LogP contribution in [0.25, 0.3) is 0 Å². The SMILES string of the molecule is CC1CCCC(CNC(=O)NC2CCC(CO)CC2)C1. The highest BCUT2D eigenvalue weighted by atomic mass is 16.3. The van der Waals surface area contributed by atoms with Gasteiger partial charge in [-0.3, -0.25) is 0 Å². The lowest BCUT2D eigenvalue weighted by Gasteiger charge is -2.29. The smallest absolute Gasteiger partial charge is 0.315 e. The van der Waals surface area contributed by atoms with E-state index >= 15 is 0 Å². The molecule has 0 bridgehead atoms. The molecule has 0 aromatic heterocycles. The molecule has 3 N–H and O–H groups in total. The molecule has 4 heteroatoms. The predicted molar refractivity (Wildman–Crippen MR) is 80.5 cm³/mol. The molecule has 0 saturated heterocycles. The fourth-order valence-electron chi connectivity index (χ4n) is 3.71. The Morgan fingerprint density at radius 2 is 1.85 bits per heavy atom. The van der Waals surface area contributed by atoms with Gasteiger partial charge in [0, 0.05) is 19.2 Å². The lowest BCUT2D eigenvalue weighted by atomic mass is 9.82. The summed E-state index contributed by atoms with van der Waals surface area (Å²) in [6.45, 7) is 3.42. The summed E-state index contributed by atoms with van der Waals surface area (Å²) >= 11 is 0. The molecule has 0 aromatic carbocycles. The standard InChI is InChI=1S/C16H30N2O2/c1-12-3-2-4-14(9-12)10-17-16(20)18-15-7-5-13(11-19)6-8-15/h12-15,19H,2-11H2,1H3,(H2,17,18,20). The third-order valence-electron chi connectivity index (χ3n) is 5.04. The summed E-state index contributed by atoms with van der Waals surface area (Å²) in [4.78, 5) is 11.9. The highest BCUT2D eigenvalue weighted by Gasteiger charge is 2.23. The van der Waals surface area contributed by atoms with E-state index < -0.39 is 0 Å². The Labute approximate surface area is 122 Å². The molecule has 0 aromatic rings. The van der Waals surface area contributed by atoms with Crippen LogP contribution in [0.2, 0.25) is 0 Å². The van der Waals surface area contributed by atoms with Crippen molar-refractivity contribution >= 4 is 6.03 Å². The van der Waals surface area contributed by atoms with Crippen molar-refractivity contribution < 1.29 is 9.90 Å². The third-order valence-corrected chi connectivity index (χ3v) is 5.04. The van der Waals surface area contributed by atoms with Crippen LogP contribution < -0.4 is 10.6 Å². The number of nitrogens with one attached hydrogen (secondary N) is 2. The normalized spacial score (nSPS) is 34.5. The molecule has 116 valence electrons. The van der Waals surface area contributed by atoms with Gasteiger partial charge in [0.2, 0.25) is 0 Å². The summed E-state index contributed by atoms with van der Waals surface area (Å²) in [7, 11) is 0. The Kier molecular flexibility index (Phi) is 6.14. The van der Waals surface area contributed by atoms with E-state index in [4.69, 9.17) is 5.11 Å². The minimum Gasteiger partial charge on any atom is -0.396 e. The molecule has 2 saturated carbocycles. The van der Waals surface area contributed by atoms with Gasteiger partial charge >= 0.3 is 6.03 Å². The van der Waals surface area contributed by atoms with Gasteiger partial charge in [-0.1, -0.05) is 19.8 Å². The minimum atomic E-state index is -0.00400. The first kappa shape index (κ1) is 15.6. The van der Waals surface area contributed by atoms with E-state index in [2.05, 4.69) is 17.6 Å².